The molecule has 0 spiro atoms. The van der Waals surface area contributed by atoms with Crippen molar-refractivity contribution in [2.45, 2.75) is 6.42 Å². The molecule has 70 valence electrons. The molecule has 2 rings (SSSR count). The number of oxime groups is 1. The maximum Gasteiger partial charge on any atom is 0.341 e. The lowest BCUT2D eigenvalue weighted by atomic mass is 10.1. The quantitative estimate of drug-likeness (QED) is 0.588. The predicted molar refractivity (Wildman–Crippen MR) is 45.5 cm³/mol. The number of carbonyl (C=O) groups is 1. The van der Waals surface area contributed by atoms with Crippen LogP contribution in [0.1, 0.15) is 6.42 Å². The number of carbonyl (C=O) groups excluding carboxylic acids is 1. The number of amidine groups is 1. The van der Waals surface area contributed by atoms with E-state index in [-0.39, 0.29) is 6.03 Å². The van der Waals surface area contributed by atoms with Gasteiger partial charge in [0.05, 0.1) is 0 Å². The van der Waals surface area contributed by atoms with E-state index in [0.717, 1.165) is 12.0 Å². The van der Waals surface area contributed by atoms with Gasteiger partial charge in [0.25, 0.3) is 0 Å². The molecule has 0 atom stereocenters. The van der Waals surface area contributed by atoms with Gasteiger partial charge >= 0.3 is 6.03 Å². The normalized spacial score (nSPS) is 21.0. The third-order valence-electron chi connectivity index (χ3n) is 1.89. The van der Waals surface area contributed by atoms with Gasteiger partial charge in [-0.25, -0.2) is 15.2 Å². The van der Waals surface area contributed by atoms with Crippen molar-refractivity contribution in [3.8, 4) is 0 Å². The molecule has 0 aromatic carbocycles. The van der Waals surface area contributed by atoms with Gasteiger partial charge in [-0.05, 0) is 0 Å². The van der Waals surface area contributed by atoms with Crippen LogP contribution in [0.4, 0.5) is 4.79 Å². The molecule has 2 aliphatic heterocycles. The molecule has 0 saturated carbocycles. The Bertz CT molecular complexity index is 297. The van der Waals surface area contributed by atoms with Crippen LogP contribution in [0.2, 0.25) is 0 Å². The Morgan fingerprint density at radius 2 is 2.62 bits per heavy atom. The van der Waals surface area contributed by atoms with E-state index in [0.29, 0.717) is 12.4 Å². The number of hydrogen-bond donors (Lipinski definition) is 2. The first-order chi connectivity index (χ1) is 6.31. The fraction of sp³-hybridized carbons (Fsp3) is 0.429. The standard InChI is InChI=1S/C7H10N4O2/c1-8-11-4-5-2-3-13-10-6(5)9-7(11)12/h4,8H,2-3H2,1H3,(H,9,10,12). The Hall–Kier alpha value is -1.56. The van der Waals surface area contributed by atoms with Crippen molar-refractivity contribution >= 4 is 11.9 Å². The van der Waals surface area contributed by atoms with E-state index in [9.17, 15) is 4.79 Å². The van der Waals surface area contributed by atoms with E-state index in [1.165, 1.54) is 5.01 Å². The molecule has 0 radical (unpaired) electrons. The van der Waals surface area contributed by atoms with Crippen molar-refractivity contribution in [1.82, 2.24) is 15.8 Å². The summed E-state index contributed by atoms with van der Waals surface area (Å²) in [5, 5.41) is 7.71. The van der Waals surface area contributed by atoms with Gasteiger partial charge in [0.1, 0.15) is 6.61 Å². The van der Waals surface area contributed by atoms with Crippen LogP contribution in [0.3, 0.4) is 0 Å². The lowest BCUT2D eigenvalue weighted by Gasteiger charge is -2.27. The molecule has 2 N–H and O–H groups in total. The van der Waals surface area contributed by atoms with Crippen molar-refractivity contribution in [3.63, 3.8) is 0 Å². The predicted octanol–water partition coefficient (Wildman–Crippen LogP) is -0.236. The van der Waals surface area contributed by atoms with Crippen LogP contribution in [0.25, 0.3) is 0 Å². The number of amides is 2. The molecule has 2 heterocycles. The highest BCUT2D eigenvalue weighted by Crippen LogP contribution is 2.13. The van der Waals surface area contributed by atoms with Crippen LogP contribution < -0.4 is 10.7 Å². The first kappa shape index (κ1) is 8.06. The van der Waals surface area contributed by atoms with E-state index >= 15 is 0 Å². The number of nitrogens with zero attached hydrogens (tertiary/aromatic N) is 2. The Kier molecular flexibility index (Phi) is 1.90. The molecular weight excluding hydrogens is 172 g/mol. The number of urea groups is 1. The summed E-state index contributed by atoms with van der Waals surface area (Å²) in [5.74, 6) is 0.516. The van der Waals surface area contributed by atoms with Crippen molar-refractivity contribution in [2.75, 3.05) is 13.7 Å². The SMILES string of the molecule is CNN1C=C2CCON=C2NC1=O. The van der Waals surface area contributed by atoms with E-state index in [2.05, 4.69) is 15.9 Å². The molecule has 2 amide bonds. The van der Waals surface area contributed by atoms with E-state index < -0.39 is 0 Å². The summed E-state index contributed by atoms with van der Waals surface area (Å²) in [6.45, 7) is 0.558. The number of nitrogens with one attached hydrogen (secondary N) is 2. The van der Waals surface area contributed by atoms with E-state index in [1.807, 2.05) is 0 Å². The minimum absolute atomic E-state index is 0.254. The summed E-state index contributed by atoms with van der Waals surface area (Å²) in [6, 6.07) is -0.254. The van der Waals surface area contributed by atoms with E-state index in [4.69, 9.17) is 4.84 Å². The summed E-state index contributed by atoms with van der Waals surface area (Å²) >= 11 is 0. The Labute approximate surface area is 75.2 Å². The number of rotatable bonds is 1. The largest absolute Gasteiger partial charge is 0.394 e. The zero-order chi connectivity index (χ0) is 9.26. The number of hydrogen-bond acceptors (Lipinski definition) is 4. The van der Waals surface area contributed by atoms with Gasteiger partial charge in [-0.2, -0.15) is 0 Å². The average Bonchev–Trinajstić information content (AvgIpc) is 2.17. The molecule has 0 aliphatic carbocycles. The van der Waals surface area contributed by atoms with Gasteiger partial charge in [0.2, 0.25) is 0 Å². The zero-order valence-electron chi connectivity index (χ0n) is 7.20. The molecule has 0 unspecified atom stereocenters. The summed E-state index contributed by atoms with van der Waals surface area (Å²) in [4.78, 5) is 16.1. The first-order valence-electron chi connectivity index (χ1n) is 4.00. The second-order valence-electron chi connectivity index (χ2n) is 2.70. The van der Waals surface area contributed by atoms with Crippen LogP contribution in [0.5, 0.6) is 0 Å². The maximum atomic E-state index is 11.3. The van der Waals surface area contributed by atoms with Crippen LogP contribution in [0.15, 0.2) is 16.9 Å². The summed E-state index contributed by atoms with van der Waals surface area (Å²) in [6.07, 6.45) is 2.48. The van der Waals surface area contributed by atoms with Crippen molar-refractivity contribution in [2.24, 2.45) is 5.16 Å². The van der Waals surface area contributed by atoms with Gasteiger partial charge in [0, 0.05) is 25.2 Å². The fourth-order valence-corrected chi connectivity index (χ4v) is 1.21. The molecular formula is C7H10N4O2. The molecule has 0 aromatic heterocycles. The van der Waals surface area contributed by atoms with E-state index in [1.54, 1.807) is 13.2 Å². The van der Waals surface area contributed by atoms with Gasteiger partial charge in [0.15, 0.2) is 5.84 Å². The summed E-state index contributed by atoms with van der Waals surface area (Å²) in [7, 11) is 1.68. The highest BCUT2D eigenvalue weighted by atomic mass is 16.6. The minimum Gasteiger partial charge on any atom is -0.394 e. The highest BCUT2D eigenvalue weighted by molar-refractivity contribution is 6.09. The Morgan fingerprint density at radius 3 is 3.38 bits per heavy atom. The third kappa shape index (κ3) is 1.35. The molecule has 13 heavy (non-hydrogen) atoms. The average molecular weight is 182 g/mol. The lowest BCUT2D eigenvalue weighted by molar-refractivity contribution is 0.136. The van der Waals surface area contributed by atoms with Crippen LogP contribution in [-0.4, -0.2) is 30.5 Å². The second-order valence-corrected chi connectivity index (χ2v) is 2.70. The fourth-order valence-electron chi connectivity index (χ4n) is 1.21. The molecule has 6 nitrogen and oxygen atoms in total. The Morgan fingerprint density at radius 1 is 1.77 bits per heavy atom. The van der Waals surface area contributed by atoms with Gasteiger partial charge in [-0.1, -0.05) is 5.16 Å². The van der Waals surface area contributed by atoms with Crippen LogP contribution in [0, 0.1) is 0 Å². The molecule has 0 saturated heterocycles. The molecule has 6 heteroatoms. The molecule has 2 aliphatic rings. The first-order valence-corrected chi connectivity index (χ1v) is 4.00. The summed E-state index contributed by atoms with van der Waals surface area (Å²) < 4.78 is 0. The number of hydrazine groups is 1. The van der Waals surface area contributed by atoms with Gasteiger partial charge in [-0.15, -0.1) is 0 Å². The van der Waals surface area contributed by atoms with Crippen LogP contribution >= 0.6 is 0 Å². The molecule has 0 aromatic rings. The van der Waals surface area contributed by atoms with Gasteiger partial charge in [-0.3, -0.25) is 5.32 Å². The molecule has 0 fully saturated rings. The molecule has 0 bridgehead atoms. The highest BCUT2D eigenvalue weighted by Gasteiger charge is 2.24. The topological polar surface area (TPSA) is 66.0 Å². The van der Waals surface area contributed by atoms with Crippen LogP contribution in [-0.2, 0) is 4.84 Å². The number of fused-ring (bicyclic) bond motifs is 1. The Balaban J connectivity index is 2.28. The van der Waals surface area contributed by atoms with Crippen molar-refractivity contribution < 1.29 is 9.63 Å². The van der Waals surface area contributed by atoms with Gasteiger partial charge < -0.3 is 4.84 Å². The monoisotopic (exact) mass is 182 g/mol. The summed E-state index contributed by atoms with van der Waals surface area (Å²) in [5.41, 5.74) is 3.71. The second kappa shape index (κ2) is 3.06. The van der Waals surface area contributed by atoms with Crippen molar-refractivity contribution in [3.05, 3.63) is 11.8 Å². The zero-order valence-corrected chi connectivity index (χ0v) is 7.20. The lowest BCUT2D eigenvalue weighted by Crippen LogP contribution is -2.50. The smallest absolute Gasteiger partial charge is 0.341 e. The van der Waals surface area contributed by atoms with Crippen molar-refractivity contribution in [1.29, 1.82) is 0 Å². The minimum atomic E-state index is -0.254. The third-order valence-corrected chi connectivity index (χ3v) is 1.89. The maximum absolute atomic E-state index is 11.3.